The summed E-state index contributed by atoms with van der Waals surface area (Å²) < 4.78 is 0. The van der Waals surface area contributed by atoms with Crippen molar-refractivity contribution in [2.75, 3.05) is 11.4 Å². The molecule has 9 rings (SSSR count). The monoisotopic (exact) mass is 694 g/mol. The van der Waals surface area contributed by atoms with Gasteiger partial charge in [0.25, 0.3) is 0 Å². The van der Waals surface area contributed by atoms with Gasteiger partial charge in [0.05, 0.1) is 28.2 Å². The Morgan fingerprint density at radius 1 is 0.630 bits per heavy atom. The van der Waals surface area contributed by atoms with E-state index in [9.17, 15) is 0 Å². The zero-order valence-corrected chi connectivity index (χ0v) is 29.7. The Bertz CT molecular complexity index is 2550. The highest BCUT2D eigenvalue weighted by atomic mass is 15.2. The Hall–Kier alpha value is -6.88. The summed E-state index contributed by atoms with van der Waals surface area (Å²) in [5.41, 5.74) is 21.3. The molecule has 0 atom stereocenters. The number of nitrogens with one attached hydrogen (secondary N) is 1. The third kappa shape index (κ3) is 5.52. The van der Waals surface area contributed by atoms with Crippen LogP contribution in [0.2, 0.25) is 0 Å². The number of allylic oxidation sites excluding steroid dienone is 2. The molecule has 0 saturated heterocycles. The highest BCUT2D eigenvalue weighted by Crippen LogP contribution is 2.61. The Morgan fingerprint density at radius 3 is 1.94 bits per heavy atom. The van der Waals surface area contributed by atoms with Crippen molar-refractivity contribution in [2.24, 2.45) is 10.7 Å². The molecule has 0 fully saturated rings. The van der Waals surface area contributed by atoms with Crippen LogP contribution in [0.25, 0.3) is 17.2 Å². The number of hydrogen-bond acceptors (Lipinski definition) is 4. The van der Waals surface area contributed by atoms with Gasteiger partial charge in [0.15, 0.2) is 0 Å². The minimum Gasteiger partial charge on any atom is -0.327 e. The van der Waals surface area contributed by atoms with E-state index in [0.717, 1.165) is 50.6 Å². The van der Waals surface area contributed by atoms with E-state index >= 15 is 0 Å². The highest BCUT2D eigenvalue weighted by Gasteiger charge is 2.50. The molecule has 0 saturated carbocycles. The van der Waals surface area contributed by atoms with Crippen molar-refractivity contribution in [3.8, 4) is 11.1 Å². The Balaban J connectivity index is 1.12. The Kier molecular flexibility index (Phi) is 8.51. The molecule has 1 spiro atoms. The quantitative estimate of drug-likeness (QED) is 0.156. The molecule has 0 unspecified atom stereocenters. The predicted octanol–water partition coefficient (Wildman–Crippen LogP) is 11.5. The molecule has 1 aliphatic carbocycles. The Morgan fingerprint density at radius 2 is 1.24 bits per heavy atom. The smallest absolute Gasteiger partial charge is 0.0748 e. The zero-order valence-electron chi connectivity index (χ0n) is 29.7. The molecular weight excluding hydrogens is 657 g/mol. The maximum Gasteiger partial charge on any atom is 0.0748 e. The van der Waals surface area contributed by atoms with Gasteiger partial charge in [0.1, 0.15) is 0 Å². The van der Waals surface area contributed by atoms with E-state index in [4.69, 9.17) is 16.1 Å². The molecule has 2 aliphatic rings. The van der Waals surface area contributed by atoms with E-state index in [1.807, 2.05) is 60.8 Å². The first-order valence-corrected chi connectivity index (χ1v) is 18.3. The van der Waals surface area contributed by atoms with Crippen LogP contribution in [0.5, 0.6) is 0 Å². The van der Waals surface area contributed by atoms with Gasteiger partial charge in [-0.05, 0) is 87.0 Å². The molecule has 0 amide bonds. The summed E-state index contributed by atoms with van der Waals surface area (Å²) in [6, 6.07) is 61.4. The minimum atomic E-state index is -0.539. The predicted molar refractivity (Wildman–Crippen MR) is 225 cm³/mol. The van der Waals surface area contributed by atoms with Crippen molar-refractivity contribution in [1.82, 2.24) is 0 Å². The lowest BCUT2D eigenvalue weighted by molar-refractivity contribution is 0.746. The number of aliphatic imine (C=N–C) groups is 1. The number of rotatable bonds is 8. The fraction of sp³-hybridized carbons (Fsp3) is 0.0400. The van der Waals surface area contributed by atoms with Gasteiger partial charge in [-0.1, -0.05) is 152 Å². The van der Waals surface area contributed by atoms with Crippen LogP contribution in [0.4, 0.5) is 22.7 Å². The molecule has 0 aromatic heterocycles. The van der Waals surface area contributed by atoms with Gasteiger partial charge in [0.2, 0.25) is 0 Å². The molecule has 1 heterocycles. The maximum atomic E-state index is 8.83. The number of benzene rings is 7. The third-order valence-corrected chi connectivity index (χ3v) is 10.6. The van der Waals surface area contributed by atoms with Gasteiger partial charge >= 0.3 is 0 Å². The fourth-order valence-corrected chi connectivity index (χ4v) is 8.15. The molecule has 54 heavy (non-hydrogen) atoms. The van der Waals surface area contributed by atoms with E-state index in [2.05, 4.69) is 144 Å². The minimum absolute atomic E-state index is 0.459. The number of hydrogen-bond donors (Lipinski definition) is 2. The number of nitrogens with zero attached hydrogens (tertiary/aromatic N) is 2. The summed E-state index contributed by atoms with van der Waals surface area (Å²) in [6.07, 6.45) is 8.51. The molecule has 1 aliphatic heterocycles. The first kappa shape index (κ1) is 33.0. The second kappa shape index (κ2) is 13.9. The van der Waals surface area contributed by atoms with Gasteiger partial charge in [-0.25, -0.2) is 0 Å². The van der Waals surface area contributed by atoms with Gasteiger partial charge in [-0.3, -0.25) is 10.4 Å². The van der Waals surface area contributed by atoms with Crippen LogP contribution in [-0.4, -0.2) is 18.5 Å². The summed E-state index contributed by atoms with van der Waals surface area (Å²) in [4.78, 5) is 7.24. The summed E-state index contributed by atoms with van der Waals surface area (Å²) in [6.45, 7) is 0.464. The fourth-order valence-electron chi connectivity index (χ4n) is 8.15. The molecule has 0 bridgehead atoms. The standard InChI is InChI=1S/C50H38N4/c51-31-13-16-40-32-39-30-29-38(36-27-25-35(26-28-36)34-53-46-22-10-7-19-42(46)49(52)37-14-3-1-4-15-37)33-45(39)50(40)43-20-8-11-23-47(43)54(41-17-5-2-6-18-41)48-24-12-9-21-44(48)50/h1-30,32-34,52H,31,51H2/b16-13-,52-49?,53-34?. The average molecular weight is 695 g/mol. The number of nitrogens with two attached hydrogens (primary N) is 1. The van der Waals surface area contributed by atoms with Crippen LogP contribution >= 0.6 is 0 Å². The molecule has 4 heteroatoms. The van der Waals surface area contributed by atoms with Gasteiger partial charge in [-0.2, -0.15) is 0 Å². The van der Waals surface area contributed by atoms with Crippen LogP contribution in [0.1, 0.15) is 38.9 Å². The Labute approximate surface area is 316 Å². The molecule has 3 N–H and O–H groups in total. The molecule has 4 nitrogen and oxygen atoms in total. The molecule has 258 valence electrons. The van der Waals surface area contributed by atoms with E-state index in [0.29, 0.717) is 12.3 Å². The average Bonchev–Trinajstić information content (AvgIpc) is 3.56. The number of anilines is 3. The first-order valence-electron chi connectivity index (χ1n) is 18.3. The van der Waals surface area contributed by atoms with E-state index in [1.54, 1.807) is 0 Å². The van der Waals surface area contributed by atoms with Crippen molar-refractivity contribution in [3.63, 3.8) is 0 Å². The maximum absolute atomic E-state index is 8.83. The number of fused-ring (bicyclic) bond motifs is 6. The van der Waals surface area contributed by atoms with Gasteiger partial charge in [0, 0.05) is 29.6 Å². The van der Waals surface area contributed by atoms with Crippen molar-refractivity contribution < 1.29 is 0 Å². The normalized spacial score (nSPS) is 13.9. The third-order valence-electron chi connectivity index (χ3n) is 10.6. The SMILES string of the molecule is N=C(c1ccccc1)c1ccccc1N=Cc1ccc(-c2ccc3c(c2)C2(C(/C=C\CN)=C3)c3ccccc3N(c3ccccc3)c3ccccc32)cc1. The summed E-state index contributed by atoms with van der Waals surface area (Å²) >= 11 is 0. The first-order chi connectivity index (χ1) is 26.7. The largest absolute Gasteiger partial charge is 0.327 e. The summed E-state index contributed by atoms with van der Waals surface area (Å²) in [5.74, 6) is 0. The van der Waals surface area contributed by atoms with Crippen molar-refractivity contribution in [3.05, 3.63) is 233 Å². The van der Waals surface area contributed by atoms with Crippen molar-refractivity contribution in [1.29, 1.82) is 5.41 Å². The second-order valence-corrected chi connectivity index (χ2v) is 13.6. The summed E-state index contributed by atoms with van der Waals surface area (Å²) in [5, 5.41) is 8.83. The molecule has 0 radical (unpaired) electrons. The highest BCUT2D eigenvalue weighted by molar-refractivity contribution is 6.14. The molecule has 7 aromatic rings. The van der Waals surface area contributed by atoms with E-state index < -0.39 is 5.41 Å². The van der Waals surface area contributed by atoms with E-state index in [-0.39, 0.29) is 0 Å². The second-order valence-electron chi connectivity index (χ2n) is 13.6. The lowest BCUT2D eigenvalue weighted by Crippen LogP contribution is -2.36. The summed E-state index contributed by atoms with van der Waals surface area (Å²) in [7, 11) is 0. The van der Waals surface area contributed by atoms with Crippen LogP contribution < -0.4 is 10.6 Å². The van der Waals surface area contributed by atoms with Crippen LogP contribution in [0.3, 0.4) is 0 Å². The lowest BCUT2D eigenvalue weighted by atomic mass is 9.63. The van der Waals surface area contributed by atoms with Crippen molar-refractivity contribution >= 4 is 40.8 Å². The van der Waals surface area contributed by atoms with Crippen LogP contribution in [0.15, 0.2) is 199 Å². The lowest BCUT2D eigenvalue weighted by Gasteiger charge is -2.45. The molecule has 7 aromatic carbocycles. The topological polar surface area (TPSA) is 65.5 Å². The van der Waals surface area contributed by atoms with Gasteiger partial charge < -0.3 is 10.6 Å². The molecular formula is C50H38N4. The van der Waals surface area contributed by atoms with Crippen LogP contribution in [0, 0.1) is 5.41 Å². The van der Waals surface area contributed by atoms with E-state index in [1.165, 1.54) is 27.8 Å². The zero-order chi connectivity index (χ0) is 36.5. The number of para-hydroxylation sites is 4. The van der Waals surface area contributed by atoms with Gasteiger partial charge in [-0.15, -0.1) is 0 Å². The van der Waals surface area contributed by atoms with Crippen molar-refractivity contribution in [2.45, 2.75) is 5.41 Å². The van der Waals surface area contributed by atoms with Crippen LogP contribution in [-0.2, 0) is 5.41 Å².